The second-order valence-corrected chi connectivity index (χ2v) is 7.44. The van der Waals surface area contributed by atoms with Gasteiger partial charge in [0.2, 0.25) is 0 Å². The van der Waals surface area contributed by atoms with Crippen LogP contribution < -0.4 is 4.90 Å². The Morgan fingerprint density at radius 2 is 1.74 bits per heavy atom. The first-order valence-electron chi connectivity index (χ1n) is 7.54. The van der Waals surface area contributed by atoms with Crippen LogP contribution in [-0.4, -0.2) is 24.4 Å². The first-order chi connectivity index (χ1) is 9.33. The number of carbonyl (C=O) groups is 1. The predicted octanol–water partition coefficient (Wildman–Crippen LogP) is 3.46. The van der Waals surface area contributed by atoms with Crippen LogP contribution in [0.1, 0.15) is 59.8 Å². The minimum Gasteiger partial charge on any atom is -0.348 e. The number of carbonyl (C=O) groups excluding carboxylic acids is 1. The largest absolute Gasteiger partial charge is 0.348 e. The van der Waals surface area contributed by atoms with Crippen molar-refractivity contribution >= 4 is 22.8 Å². The molecular weight excluding hydrogens is 256 g/mol. The zero-order chi connectivity index (χ0) is 12.8. The molecule has 19 heavy (non-hydrogen) atoms. The third-order valence-corrected chi connectivity index (χ3v) is 5.42. The number of aldehydes is 1. The van der Waals surface area contributed by atoms with Crippen LogP contribution >= 0.6 is 11.3 Å². The zero-order valence-electron chi connectivity index (χ0n) is 11.2. The summed E-state index contributed by atoms with van der Waals surface area (Å²) in [6, 6.07) is 0. The Hall–Kier alpha value is -0.900. The summed E-state index contributed by atoms with van der Waals surface area (Å²) in [7, 11) is 0. The highest BCUT2D eigenvalue weighted by Crippen LogP contribution is 2.44. The van der Waals surface area contributed by atoms with Crippen molar-refractivity contribution in [1.29, 1.82) is 0 Å². The van der Waals surface area contributed by atoms with E-state index in [-0.39, 0.29) is 0 Å². The molecule has 4 rings (SSSR count). The quantitative estimate of drug-likeness (QED) is 0.715. The Bertz CT molecular complexity index is 472. The van der Waals surface area contributed by atoms with E-state index in [0.29, 0.717) is 5.92 Å². The van der Waals surface area contributed by atoms with Gasteiger partial charge in [-0.3, -0.25) is 4.79 Å². The van der Waals surface area contributed by atoms with E-state index < -0.39 is 0 Å². The number of nitrogens with zero attached hydrogens (tertiary/aromatic N) is 2. The molecule has 3 fully saturated rings. The first kappa shape index (κ1) is 11.9. The van der Waals surface area contributed by atoms with Gasteiger partial charge in [0.15, 0.2) is 11.4 Å². The Morgan fingerprint density at radius 3 is 2.21 bits per heavy atom. The van der Waals surface area contributed by atoms with E-state index in [9.17, 15) is 4.79 Å². The highest BCUT2D eigenvalue weighted by atomic mass is 32.1. The molecule has 0 unspecified atom stereocenters. The SMILES string of the molecule is O=Cc1sc(N(CC2CC2)CC2CC2)nc1C1CC1. The number of anilines is 1. The number of aromatic nitrogens is 1. The number of hydrogen-bond donors (Lipinski definition) is 0. The highest BCUT2D eigenvalue weighted by molar-refractivity contribution is 7.17. The van der Waals surface area contributed by atoms with Crippen LogP contribution in [0.25, 0.3) is 0 Å². The van der Waals surface area contributed by atoms with Gasteiger partial charge in [-0.1, -0.05) is 11.3 Å². The summed E-state index contributed by atoms with van der Waals surface area (Å²) in [5.74, 6) is 2.34. The van der Waals surface area contributed by atoms with Crippen molar-refractivity contribution in [2.45, 2.75) is 44.4 Å². The molecule has 0 saturated heterocycles. The van der Waals surface area contributed by atoms with Crippen LogP contribution in [0, 0.1) is 11.8 Å². The van der Waals surface area contributed by atoms with Gasteiger partial charge in [0.1, 0.15) is 0 Å². The summed E-state index contributed by atoms with van der Waals surface area (Å²) in [6.45, 7) is 2.32. The fraction of sp³-hybridized carbons (Fsp3) is 0.733. The van der Waals surface area contributed by atoms with Crippen LogP contribution in [0.5, 0.6) is 0 Å². The molecule has 0 bridgehead atoms. The van der Waals surface area contributed by atoms with E-state index >= 15 is 0 Å². The fourth-order valence-electron chi connectivity index (χ4n) is 2.66. The van der Waals surface area contributed by atoms with Gasteiger partial charge in [0, 0.05) is 19.0 Å². The maximum atomic E-state index is 11.2. The predicted molar refractivity (Wildman–Crippen MR) is 77.1 cm³/mol. The summed E-state index contributed by atoms with van der Waals surface area (Å²) >= 11 is 1.62. The van der Waals surface area contributed by atoms with Gasteiger partial charge in [-0.25, -0.2) is 4.98 Å². The van der Waals surface area contributed by atoms with E-state index in [1.54, 1.807) is 11.3 Å². The monoisotopic (exact) mass is 276 g/mol. The van der Waals surface area contributed by atoms with Crippen LogP contribution in [-0.2, 0) is 0 Å². The standard InChI is InChI=1S/C15H20N2OS/c18-9-13-14(12-5-6-12)16-15(19-13)17(7-10-1-2-10)8-11-3-4-11/h9-12H,1-8H2. The minimum absolute atomic E-state index is 0.578. The second kappa shape index (κ2) is 4.58. The first-order valence-corrected chi connectivity index (χ1v) is 8.36. The normalized spacial score (nSPS) is 22.5. The molecule has 0 amide bonds. The lowest BCUT2D eigenvalue weighted by molar-refractivity contribution is 0.112. The van der Waals surface area contributed by atoms with Crippen molar-refractivity contribution in [2.75, 3.05) is 18.0 Å². The van der Waals surface area contributed by atoms with Crippen LogP contribution in [0.3, 0.4) is 0 Å². The molecular formula is C15H20N2OS. The van der Waals surface area contributed by atoms with Crippen LogP contribution in [0.15, 0.2) is 0 Å². The lowest BCUT2D eigenvalue weighted by Crippen LogP contribution is -2.27. The molecule has 1 aromatic heterocycles. The minimum atomic E-state index is 0.578. The van der Waals surface area contributed by atoms with E-state index in [0.717, 1.165) is 46.9 Å². The molecule has 0 radical (unpaired) electrons. The lowest BCUT2D eigenvalue weighted by Gasteiger charge is -2.21. The Kier molecular flexibility index (Phi) is 2.87. The summed E-state index contributed by atoms with van der Waals surface area (Å²) in [6.07, 6.45) is 8.96. The smallest absolute Gasteiger partial charge is 0.186 e. The van der Waals surface area contributed by atoms with E-state index in [1.165, 1.54) is 38.5 Å². The molecule has 4 heteroatoms. The van der Waals surface area contributed by atoms with Gasteiger partial charge in [-0.2, -0.15) is 0 Å². The molecule has 3 aliphatic carbocycles. The third-order valence-electron chi connectivity index (χ3n) is 4.36. The summed E-state index contributed by atoms with van der Waals surface area (Å²) in [5, 5.41) is 1.11. The topological polar surface area (TPSA) is 33.2 Å². The molecule has 0 N–H and O–H groups in total. The summed E-state index contributed by atoms with van der Waals surface area (Å²) in [5.41, 5.74) is 1.09. The number of thiazole rings is 1. The Balaban J connectivity index is 1.57. The van der Waals surface area contributed by atoms with Crippen molar-refractivity contribution in [2.24, 2.45) is 11.8 Å². The van der Waals surface area contributed by atoms with Crippen LogP contribution in [0.4, 0.5) is 5.13 Å². The maximum Gasteiger partial charge on any atom is 0.186 e. The van der Waals surface area contributed by atoms with Crippen LogP contribution in [0.2, 0.25) is 0 Å². The third kappa shape index (κ3) is 2.69. The van der Waals surface area contributed by atoms with Crippen molar-refractivity contribution in [3.8, 4) is 0 Å². The van der Waals surface area contributed by atoms with E-state index in [4.69, 9.17) is 4.98 Å². The van der Waals surface area contributed by atoms with E-state index in [1.807, 2.05) is 0 Å². The average molecular weight is 276 g/mol. The van der Waals surface area contributed by atoms with Gasteiger partial charge in [0.25, 0.3) is 0 Å². The number of hydrogen-bond acceptors (Lipinski definition) is 4. The van der Waals surface area contributed by atoms with Gasteiger partial charge >= 0.3 is 0 Å². The van der Waals surface area contributed by atoms with Crippen molar-refractivity contribution in [3.63, 3.8) is 0 Å². The summed E-state index contributed by atoms with van der Waals surface area (Å²) in [4.78, 5) is 19.4. The molecule has 0 atom stereocenters. The molecule has 3 saturated carbocycles. The molecule has 0 spiro atoms. The Morgan fingerprint density at radius 1 is 1.11 bits per heavy atom. The molecule has 102 valence electrons. The molecule has 1 heterocycles. The van der Waals surface area contributed by atoms with Crippen molar-refractivity contribution in [1.82, 2.24) is 4.98 Å². The molecule has 1 aromatic rings. The Labute approximate surface area is 118 Å². The van der Waals surface area contributed by atoms with E-state index in [2.05, 4.69) is 4.90 Å². The van der Waals surface area contributed by atoms with Gasteiger partial charge in [0.05, 0.1) is 10.6 Å². The van der Waals surface area contributed by atoms with Gasteiger partial charge < -0.3 is 4.90 Å². The number of rotatable bonds is 7. The summed E-state index contributed by atoms with van der Waals surface area (Å²) < 4.78 is 0. The zero-order valence-corrected chi connectivity index (χ0v) is 12.0. The highest BCUT2D eigenvalue weighted by Gasteiger charge is 2.33. The molecule has 3 nitrogen and oxygen atoms in total. The molecule has 0 aliphatic heterocycles. The van der Waals surface area contributed by atoms with Crippen molar-refractivity contribution in [3.05, 3.63) is 10.6 Å². The second-order valence-electron chi connectivity index (χ2n) is 6.43. The lowest BCUT2D eigenvalue weighted by atomic mass is 10.3. The van der Waals surface area contributed by atoms with Gasteiger partial charge in [-0.15, -0.1) is 0 Å². The average Bonchev–Trinajstić information content (AvgIpc) is 3.23. The molecule has 0 aromatic carbocycles. The fourth-order valence-corrected chi connectivity index (χ4v) is 3.64. The van der Waals surface area contributed by atoms with Gasteiger partial charge in [-0.05, 0) is 50.4 Å². The van der Waals surface area contributed by atoms with Crippen molar-refractivity contribution < 1.29 is 4.79 Å². The maximum absolute atomic E-state index is 11.2. The molecule has 3 aliphatic rings.